The maximum absolute atomic E-state index is 11.5. The van der Waals surface area contributed by atoms with E-state index in [0.717, 1.165) is 0 Å². The molecular weight excluding hydrogens is 268 g/mol. The monoisotopic (exact) mass is 284 g/mol. The summed E-state index contributed by atoms with van der Waals surface area (Å²) in [5.74, 6) is -0.0615. The maximum atomic E-state index is 11.5. The number of methoxy groups -OCH3 is 3. The van der Waals surface area contributed by atoms with Crippen molar-refractivity contribution in [3.63, 3.8) is 0 Å². The fourth-order valence-corrected chi connectivity index (χ4v) is 1.76. The van der Waals surface area contributed by atoms with Crippen molar-refractivity contribution in [1.29, 1.82) is 0 Å². The Morgan fingerprint density at radius 3 is 2.40 bits per heavy atom. The van der Waals surface area contributed by atoms with Crippen LogP contribution in [0.3, 0.4) is 0 Å². The summed E-state index contributed by atoms with van der Waals surface area (Å²) in [4.78, 5) is 25.5. The van der Waals surface area contributed by atoms with Gasteiger partial charge in [0.05, 0.1) is 34.5 Å². The molecule has 1 aromatic rings. The SMILES string of the molecule is COC(=O)C1CN(c2nc(OC)nc(OC)n2)CCO1. The molecule has 1 unspecified atom stereocenters. The third kappa shape index (κ3) is 3.05. The third-order valence-corrected chi connectivity index (χ3v) is 2.76. The van der Waals surface area contributed by atoms with Gasteiger partial charge in [0.2, 0.25) is 5.95 Å². The summed E-state index contributed by atoms with van der Waals surface area (Å²) < 4.78 is 20.0. The van der Waals surface area contributed by atoms with Crippen LogP contribution in [0.15, 0.2) is 0 Å². The molecule has 1 atom stereocenters. The highest BCUT2D eigenvalue weighted by Crippen LogP contribution is 2.18. The summed E-state index contributed by atoms with van der Waals surface area (Å²) in [7, 11) is 4.23. The molecule has 1 aromatic heterocycles. The van der Waals surface area contributed by atoms with Gasteiger partial charge in [-0.1, -0.05) is 0 Å². The quantitative estimate of drug-likeness (QED) is 0.663. The Balaban J connectivity index is 2.19. The zero-order valence-corrected chi connectivity index (χ0v) is 11.5. The van der Waals surface area contributed by atoms with Crippen molar-refractivity contribution in [3.8, 4) is 12.0 Å². The Labute approximate surface area is 115 Å². The van der Waals surface area contributed by atoms with Gasteiger partial charge >= 0.3 is 18.0 Å². The van der Waals surface area contributed by atoms with Crippen molar-refractivity contribution < 1.29 is 23.7 Å². The van der Waals surface area contributed by atoms with Gasteiger partial charge in [-0.2, -0.15) is 9.97 Å². The number of ether oxygens (including phenoxy) is 4. The van der Waals surface area contributed by atoms with Gasteiger partial charge in [-0.05, 0) is 0 Å². The molecule has 2 rings (SSSR count). The summed E-state index contributed by atoms with van der Waals surface area (Å²) in [6.07, 6.45) is -0.664. The predicted octanol–water partition coefficient (Wildman–Crippen LogP) is -0.733. The predicted molar refractivity (Wildman–Crippen MR) is 66.9 cm³/mol. The summed E-state index contributed by atoms with van der Waals surface area (Å²) in [6, 6.07) is 0.293. The summed E-state index contributed by atoms with van der Waals surface area (Å²) >= 11 is 0. The molecule has 9 heteroatoms. The Morgan fingerprint density at radius 1 is 1.20 bits per heavy atom. The van der Waals surface area contributed by atoms with E-state index in [4.69, 9.17) is 14.2 Å². The highest BCUT2D eigenvalue weighted by atomic mass is 16.6. The van der Waals surface area contributed by atoms with Crippen LogP contribution in [-0.2, 0) is 14.3 Å². The fourth-order valence-electron chi connectivity index (χ4n) is 1.76. The Morgan fingerprint density at radius 2 is 1.85 bits per heavy atom. The van der Waals surface area contributed by atoms with Gasteiger partial charge in [0.25, 0.3) is 0 Å². The van der Waals surface area contributed by atoms with Crippen molar-refractivity contribution in [2.24, 2.45) is 0 Å². The molecule has 110 valence electrons. The molecule has 1 saturated heterocycles. The first-order valence-corrected chi connectivity index (χ1v) is 5.96. The average molecular weight is 284 g/mol. The van der Waals surface area contributed by atoms with E-state index < -0.39 is 12.1 Å². The van der Waals surface area contributed by atoms with Gasteiger partial charge in [0.15, 0.2) is 6.10 Å². The van der Waals surface area contributed by atoms with Crippen LogP contribution >= 0.6 is 0 Å². The van der Waals surface area contributed by atoms with Crippen LogP contribution in [0.4, 0.5) is 5.95 Å². The van der Waals surface area contributed by atoms with E-state index in [0.29, 0.717) is 25.6 Å². The van der Waals surface area contributed by atoms with Crippen molar-refractivity contribution >= 4 is 11.9 Å². The highest BCUT2D eigenvalue weighted by Gasteiger charge is 2.29. The zero-order chi connectivity index (χ0) is 14.5. The van der Waals surface area contributed by atoms with E-state index in [1.54, 1.807) is 4.90 Å². The molecule has 20 heavy (non-hydrogen) atoms. The molecule has 1 fully saturated rings. The molecule has 0 N–H and O–H groups in total. The second kappa shape index (κ2) is 6.33. The Bertz CT molecular complexity index is 462. The minimum absolute atomic E-state index is 0.146. The largest absolute Gasteiger partial charge is 0.467 e. The standard InChI is InChI=1S/C11H16N4O5/c1-17-8(16)7-6-15(4-5-20-7)9-12-10(18-2)14-11(13-9)19-3/h7H,4-6H2,1-3H3. The first-order chi connectivity index (χ1) is 9.67. The summed E-state index contributed by atoms with van der Waals surface area (Å²) in [5, 5.41) is 0. The zero-order valence-electron chi connectivity index (χ0n) is 11.5. The molecule has 2 heterocycles. The molecule has 0 aliphatic carbocycles. The molecule has 0 radical (unpaired) electrons. The van der Waals surface area contributed by atoms with Gasteiger partial charge in [-0.3, -0.25) is 0 Å². The van der Waals surface area contributed by atoms with E-state index in [-0.39, 0.29) is 12.0 Å². The number of morpholine rings is 1. The highest BCUT2D eigenvalue weighted by molar-refractivity contribution is 5.75. The Hall–Kier alpha value is -2.16. The molecular formula is C11H16N4O5. The number of anilines is 1. The molecule has 1 aliphatic heterocycles. The minimum atomic E-state index is -0.664. The van der Waals surface area contributed by atoms with Crippen LogP contribution in [0.2, 0.25) is 0 Å². The summed E-state index contributed by atoms with van der Waals surface area (Å²) in [5.41, 5.74) is 0. The lowest BCUT2D eigenvalue weighted by Crippen LogP contribution is -2.47. The topological polar surface area (TPSA) is 95.9 Å². The van der Waals surface area contributed by atoms with Crippen LogP contribution in [0.25, 0.3) is 0 Å². The number of nitrogens with zero attached hydrogens (tertiary/aromatic N) is 4. The number of carbonyl (C=O) groups is 1. The third-order valence-electron chi connectivity index (χ3n) is 2.76. The normalized spacial score (nSPS) is 18.6. The van der Waals surface area contributed by atoms with Gasteiger partial charge in [0.1, 0.15) is 0 Å². The minimum Gasteiger partial charge on any atom is -0.467 e. The van der Waals surface area contributed by atoms with Crippen molar-refractivity contribution in [2.45, 2.75) is 6.10 Å². The van der Waals surface area contributed by atoms with Crippen LogP contribution in [0.1, 0.15) is 0 Å². The molecule has 1 aliphatic rings. The van der Waals surface area contributed by atoms with E-state index in [1.807, 2.05) is 0 Å². The van der Waals surface area contributed by atoms with Crippen LogP contribution in [0, 0.1) is 0 Å². The van der Waals surface area contributed by atoms with E-state index in [1.165, 1.54) is 21.3 Å². The maximum Gasteiger partial charge on any atom is 0.336 e. The fraction of sp³-hybridized carbons (Fsp3) is 0.636. The number of esters is 1. The lowest BCUT2D eigenvalue weighted by atomic mass is 10.3. The average Bonchev–Trinajstić information content (AvgIpc) is 2.53. The van der Waals surface area contributed by atoms with Crippen molar-refractivity contribution in [2.75, 3.05) is 45.9 Å². The van der Waals surface area contributed by atoms with E-state index >= 15 is 0 Å². The molecule has 0 spiro atoms. The number of rotatable bonds is 4. The molecule has 0 amide bonds. The molecule has 0 bridgehead atoms. The van der Waals surface area contributed by atoms with Crippen molar-refractivity contribution in [1.82, 2.24) is 15.0 Å². The lowest BCUT2D eigenvalue weighted by molar-refractivity contribution is -0.154. The van der Waals surface area contributed by atoms with Gasteiger partial charge in [0, 0.05) is 6.54 Å². The smallest absolute Gasteiger partial charge is 0.336 e. The van der Waals surface area contributed by atoms with Crippen LogP contribution in [-0.4, -0.2) is 68.1 Å². The number of aromatic nitrogens is 3. The van der Waals surface area contributed by atoms with E-state index in [2.05, 4.69) is 19.7 Å². The molecule has 0 saturated carbocycles. The first-order valence-electron chi connectivity index (χ1n) is 5.96. The second-order valence-corrected chi connectivity index (χ2v) is 3.94. The summed E-state index contributed by atoms with van der Waals surface area (Å²) in [6.45, 7) is 1.21. The molecule has 9 nitrogen and oxygen atoms in total. The molecule has 0 aromatic carbocycles. The second-order valence-electron chi connectivity index (χ2n) is 3.94. The van der Waals surface area contributed by atoms with Gasteiger partial charge in [-0.25, -0.2) is 4.79 Å². The van der Waals surface area contributed by atoms with Crippen LogP contribution in [0.5, 0.6) is 12.0 Å². The number of carbonyl (C=O) groups excluding carboxylic acids is 1. The lowest BCUT2D eigenvalue weighted by Gasteiger charge is -2.31. The number of hydrogen-bond donors (Lipinski definition) is 0. The Kier molecular flexibility index (Phi) is 4.51. The van der Waals surface area contributed by atoms with Gasteiger partial charge < -0.3 is 23.8 Å². The first kappa shape index (κ1) is 14.3. The van der Waals surface area contributed by atoms with Crippen LogP contribution < -0.4 is 14.4 Å². The van der Waals surface area contributed by atoms with Crippen molar-refractivity contribution in [3.05, 3.63) is 0 Å². The van der Waals surface area contributed by atoms with E-state index in [9.17, 15) is 4.79 Å². The van der Waals surface area contributed by atoms with Gasteiger partial charge in [-0.15, -0.1) is 4.98 Å². The number of hydrogen-bond acceptors (Lipinski definition) is 9.